The first-order valence-electron chi connectivity index (χ1n) is 11.4. The van der Waals surface area contributed by atoms with Crippen molar-refractivity contribution in [1.82, 2.24) is 10.2 Å². The summed E-state index contributed by atoms with van der Waals surface area (Å²) in [7, 11) is 3.38. The highest BCUT2D eigenvalue weighted by Gasteiger charge is 2.33. The molecule has 1 aliphatic heterocycles. The van der Waals surface area contributed by atoms with E-state index in [0.717, 1.165) is 50.4 Å². The predicted molar refractivity (Wildman–Crippen MR) is 125 cm³/mol. The summed E-state index contributed by atoms with van der Waals surface area (Å²) in [5.74, 6) is -3.00. The molecule has 1 heterocycles. The predicted octanol–water partition coefficient (Wildman–Crippen LogP) is 3.11. The van der Waals surface area contributed by atoms with Crippen LogP contribution in [0.5, 0.6) is 5.75 Å². The largest absolute Gasteiger partial charge is 0.490 e. The summed E-state index contributed by atoms with van der Waals surface area (Å²) in [6.07, 6.45) is 5.25. The highest BCUT2D eigenvalue weighted by molar-refractivity contribution is 5.99. The molecule has 0 aromatic heterocycles. The Balaban J connectivity index is 2.19. The lowest BCUT2D eigenvalue weighted by Gasteiger charge is -2.35. The number of nitrogens with zero attached hydrogens (tertiary/aromatic N) is 1. The topological polar surface area (TPSA) is 105 Å². The average Bonchev–Trinajstić information content (AvgIpc) is 2.97. The Kier molecular flexibility index (Phi) is 9.46. The minimum atomic E-state index is -1.15. The summed E-state index contributed by atoms with van der Waals surface area (Å²) < 4.78 is 10.6. The molecular weight excluding hydrogens is 424 g/mol. The first-order valence-corrected chi connectivity index (χ1v) is 11.4. The normalized spacial score (nSPS) is 20.6. The van der Waals surface area contributed by atoms with Crippen molar-refractivity contribution in [2.75, 3.05) is 27.2 Å². The van der Waals surface area contributed by atoms with Crippen LogP contribution in [0.2, 0.25) is 0 Å². The fraction of sp³-hybridized carbons (Fsp3) is 0.560. The molecule has 182 valence electrons. The van der Waals surface area contributed by atoms with Crippen LogP contribution in [0.1, 0.15) is 52.0 Å². The van der Waals surface area contributed by atoms with Gasteiger partial charge in [0.2, 0.25) is 11.7 Å². The number of esters is 1. The van der Waals surface area contributed by atoms with E-state index in [0.29, 0.717) is 5.75 Å². The Morgan fingerprint density at radius 2 is 2.00 bits per heavy atom. The van der Waals surface area contributed by atoms with Crippen molar-refractivity contribution in [3.05, 3.63) is 41.7 Å². The maximum absolute atomic E-state index is 12.7. The van der Waals surface area contributed by atoms with Crippen LogP contribution in [-0.4, -0.2) is 61.1 Å². The molecule has 0 aliphatic carbocycles. The summed E-state index contributed by atoms with van der Waals surface area (Å²) in [6.45, 7) is 7.54. The van der Waals surface area contributed by atoms with Gasteiger partial charge in [-0.1, -0.05) is 39.3 Å². The van der Waals surface area contributed by atoms with Crippen LogP contribution in [0.3, 0.4) is 0 Å². The number of nitrogens with one attached hydrogen (secondary N) is 1. The number of rotatable bonds is 9. The van der Waals surface area contributed by atoms with E-state index in [1.54, 1.807) is 19.9 Å². The van der Waals surface area contributed by atoms with Gasteiger partial charge in [0.05, 0.1) is 13.2 Å². The summed E-state index contributed by atoms with van der Waals surface area (Å²) in [6, 6.07) is 6.43. The van der Waals surface area contributed by atoms with Gasteiger partial charge in [-0.05, 0) is 56.5 Å². The van der Waals surface area contributed by atoms with Gasteiger partial charge in [0.15, 0.2) is 0 Å². The Bertz CT molecular complexity index is 881. The van der Waals surface area contributed by atoms with Crippen molar-refractivity contribution in [2.45, 2.75) is 57.9 Å². The summed E-state index contributed by atoms with van der Waals surface area (Å²) >= 11 is 0. The Labute approximate surface area is 195 Å². The van der Waals surface area contributed by atoms with Crippen LogP contribution >= 0.6 is 0 Å². The zero-order valence-corrected chi connectivity index (χ0v) is 20.2. The number of amides is 1. The lowest BCUT2D eigenvalue weighted by atomic mass is 9.74. The fourth-order valence-electron chi connectivity index (χ4n) is 4.32. The third-order valence-corrected chi connectivity index (χ3v) is 6.27. The molecule has 0 saturated carbocycles. The van der Waals surface area contributed by atoms with E-state index in [1.165, 1.54) is 7.11 Å². The second kappa shape index (κ2) is 11.8. The van der Waals surface area contributed by atoms with Gasteiger partial charge in [0.1, 0.15) is 11.8 Å². The van der Waals surface area contributed by atoms with E-state index in [-0.39, 0.29) is 17.1 Å². The van der Waals surface area contributed by atoms with Crippen molar-refractivity contribution >= 4 is 17.8 Å². The zero-order chi connectivity index (χ0) is 24.6. The van der Waals surface area contributed by atoms with E-state index in [2.05, 4.69) is 30.3 Å². The highest BCUT2D eigenvalue weighted by Crippen LogP contribution is 2.37. The van der Waals surface area contributed by atoms with Crippen molar-refractivity contribution in [1.29, 1.82) is 0 Å². The summed E-state index contributed by atoms with van der Waals surface area (Å²) in [4.78, 5) is 38.6. The molecule has 33 heavy (non-hydrogen) atoms. The summed E-state index contributed by atoms with van der Waals surface area (Å²) in [5.41, 5.74) is 1.10. The highest BCUT2D eigenvalue weighted by atomic mass is 16.6. The molecule has 2 rings (SSSR count). The number of carboxylic acids is 1. The Hall–Kier alpha value is -2.87. The molecule has 2 atom stereocenters. The maximum Gasteiger partial charge on any atom is 0.379 e. The number of ether oxygens (including phenoxy) is 2. The number of likely N-dealkylation sites (N-methyl/N-ethyl adjacent to an activating group) is 1. The maximum atomic E-state index is 12.7. The molecule has 8 heteroatoms. The van der Waals surface area contributed by atoms with Gasteiger partial charge in [-0.3, -0.25) is 4.79 Å². The number of carbonyl (C=O) groups is 3. The van der Waals surface area contributed by atoms with E-state index in [4.69, 9.17) is 9.47 Å². The van der Waals surface area contributed by atoms with Crippen molar-refractivity contribution in [3.8, 4) is 5.75 Å². The first-order chi connectivity index (χ1) is 15.6. The van der Waals surface area contributed by atoms with E-state index in [1.807, 2.05) is 12.1 Å². The van der Waals surface area contributed by atoms with Gasteiger partial charge < -0.3 is 24.8 Å². The second-order valence-electron chi connectivity index (χ2n) is 9.03. The van der Waals surface area contributed by atoms with Crippen LogP contribution in [0.15, 0.2) is 36.1 Å². The molecule has 8 nitrogen and oxygen atoms in total. The van der Waals surface area contributed by atoms with Gasteiger partial charge in [-0.15, -0.1) is 0 Å². The number of aliphatic carboxylic acids is 1. The van der Waals surface area contributed by atoms with Crippen LogP contribution in [0.25, 0.3) is 0 Å². The van der Waals surface area contributed by atoms with Gasteiger partial charge in [-0.25, -0.2) is 9.59 Å². The third kappa shape index (κ3) is 7.05. The fourth-order valence-corrected chi connectivity index (χ4v) is 4.32. The third-order valence-electron chi connectivity index (χ3n) is 6.27. The quantitative estimate of drug-likeness (QED) is 0.252. The molecule has 2 unspecified atom stereocenters. The number of methoxy groups -OCH3 is 1. The van der Waals surface area contributed by atoms with E-state index >= 15 is 0 Å². The number of hydrogen-bond acceptors (Lipinski definition) is 6. The van der Waals surface area contributed by atoms with Gasteiger partial charge >= 0.3 is 11.9 Å². The Morgan fingerprint density at radius 3 is 2.61 bits per heavy atom. The SMILES string of the molecule is CCC1(c2cccc(OC(=O)/C(=C/C(=O)NC(C(=O)O)C(C)C)OC)c2)CCCCN(C)C1. The standard InChI is InChI=1S/C25H36N2O6/c1-6-25(12-7-8-13-27(4)16-25)18-10-9-11-19(14-18)33-24(31)20(32-5)15-21(28)26-22(17(2)3)23(29)30/h9-11,14-15,17,22H,6-8,12-13,16H2,1-5H3,(H,26,28)(H,29,30)/b20-15-. The van der Waals surface area contributed by atoms with Crippen LogP contribution in [-0.2, 0) is 24.5 Å². The van der Waals surface area contributed by atoms with Gasteiger partial charge in [0, 0.05) is 12.0 Å². The minimum Gasteiger partial charge on any atom is -0.490 e. The second-order valence-corrected chi connectivity index (χ2v) is 9.03. The lowest BCUT2D eigenvalue weighted by Crippen LogP contribution is -2.43. The van der Waals surface area contributed by atoms with Crippen molar-refractivity contribution in [3.63, 3.8) is 0 Å². The van der Waals surface area contributed by atoms with Crippen LogP contribution in [0.4, 0.5) is 0 Å². The van der Waals surface area contributed by atoms with Gasteiger partial charge in [0.25, 0.3) is 0 Å². The molecule has 0 spiro atoms. The number of likely N-dealkylation sites (tertiary alicyclic amines) is 1. The van der Waals surface area contributed by atoms with E-state index in [9.17, 15) is 19.5 Å². The molecule has 1 fully saturated rings. The average molecular weight is 461 g/mol. The van der Waals surface area contributed by atoms with Crippen LogP contribution < -0.4 is 10.1 Å². The molecule has 1 aromatic rings. The lowest BCUT2D eigenvalue weighted by molar-refractivity contribution is -0.142. The molecule has 2 N–H and O–H groups in total. The molecule has 0 radical (unpaired) electrons. The number of carbonyl (C=O) groups excluding carboxylic acids is 2. The summed E-state index contributed by atoms with van der Waals surface area (Å²) in [5, 5.41) is 11.6. The molecule has 1 saturated heterocycles. The molecule has 1 aromatic carbocycles. The zero-order valence-electron chi connectivity index (χ0n) is 20.2. The Morgan fingerprint density at radius 1 is 1.27 bits per heavy atom. The van der Waals surface area contributed by atoms with Crippen LogP contribution in [0, 0.1) is 5.92 Å². The molecular formula is C25H36N2O6. The first kappa shape index (κ1) is 26.4. The van der Waals surface area contributed by atoms with Crippen molar-refractivity contribution in [2.24, 2.45) is 5.92 Å². The molecule has 0 bridgehead atoms. The number of hydrogen-bond donors (Lipinski definition) is 2. The molecule has 1 aliphatic rings. The van der Waals surface area contributed by atoms with Gasteiger partial charge in [-0.2, -0.15) is 0 Å². The number of benzene rings is 1. The molecule has 1 amide bonds. The smallest absolute Gasteiger partial charge is 0.379 e. The minimum absolute atomic E-state index is 0.0177. The number of carboxylic acid groups (broad SMARTS) is 1. The monoisotopic (exact) mass is 460 g/mol. The van der Waals surface area contributed by atoms with E-state index < -0.39 is 23.9 Å². The van der Waals surface area contributed by atoms with Crippen molar-refractivity contribution < 1.29 is 29.0 Å².